The fraction of sp³-hybridized carbons (Fsp3) is 0.400. The topological polar surface area (TPSA) is 51.6 Å². The van der Waals surface area contributed by atoms with E-state index >= 15 is 0 Å². The summed E-state index contributed by atoms with van der Waals surface area (Å²) in [6.45, 7) is 5.79. The summed E-state index contributed by atoms with van der Waals surface area (Å²) in [6, 6.07) is 0. The minimum Gasteiger partial charge on any atom is -0.226 e. The van der Waals surface area contributed by atoms with Crippen LogP contribution in [-0.2, 0) is 6.42 Å². The van der Waals surface area contributed by atoms with Crippen LogP contribution >= 0.6 is 34.9 Å². The van der Waals surface area contributed by atoms with Crippen molar-refractivity contribution in [1.29, 1.82) is 0 Å². The molecule has 2 heterocycles. The number of aromatic nitrogens is 4. The lowest BCUT2D eigenvalue weighted by Crippen LogP contribution is -1.98. The van der Waals surface area contributed by atoms with Crippen molar-refractivity contribution in [3.63, 3.8) is 0 Å². The van der Waals surface area contributed by atoms with Crippen LogP contribution in [0.2, 0.25) is 5.15 Å². The van der Waals surface area contributed by atoms with Gasteiger partial charge in [-0.3, -0.25) is 0 Å². The highest BCUT2D eigenvalue weighted by molar-refractivity contribution is 8.00. The maximum Gasteiger partial charge on any atom is 0.176 e. The molecule has 0 aliphatic heterocycles. The third kappa shape index (κ3) is 2.94. The molecular formula is C10H11ClN4S2. The molecule has 0 unspecified atom stereocenters. The SMILES string of the molecule is CCc1nc(Cl)c(C)c(Sc2nc(C)ns2)n1. The van der Waals surface area contributed by atoms with E-state index in [1.807, 2.05) is 20.8 Å². The van der Waals surface area contributed by atoms with Crippen LogP contribution in [0, 0.1) is 13.8 Å². The quantitative estimate of drug-likeness (QED) is 0.810. The van der Waals surface area contributed by atoms with E-state index in [-0.39, 0.29) is 0 Å². The predicted octanol–water partition coefficient (Wildman–Crippen LogP) is 3.31. The highest BCUT2D eigenvalue weighted by Gasteiger charge is 2.12. The molecule has 0 N–H and O–H groups in total. The number of hydrogen-bond acceptors (Lipinski definition) is 6. The number of aryl methyl sites for hydroxylation is 2. The highest BCUT2D eigenvalue weighted by Crippen LogP contribution is 2.32. The first-order valence-electron chi connectivity index (χ1n) is 5.11. The zero-order valence-electron chi connectivity index (χ0n) is 9.69. The van der Waals surface area contributed by atoms with Gasteiger partial charge in [-0.15, -0.1) is 0 Å². The molecule has 0 saturated carbocycles. The Morgan fingerprint density at radius 1 is 1.24 bits per heavy atom. The standard InChI is InChI=1S/C10H11ClN4S2/c1-4-7-13-8(11)5(2)9(14-7)16-10-12-6(3)15-17-10/h4H2,1-3H3. The lowest BCUT2D eigenvalue weighted by Gasteiger charge is -2.05. The van der Waals surface area contributed by atoms with Gasteiger partial charge in [-0.05, 0) is 37.1 Å². The summed E-state index contributed by atoms with van der Waals surface area (Å²) >= 11 is 8.93. The molecule has 0 aromatic carbocycles. The van der Waals surface area contributed by atoms with E-state index in [9.17, 15) is 0 Å². The summed E-state index contributed by atoms with van der Waals surface area (Å²) in [7, 11) is 0. The van der Waals surface area contributed by atoms with Crippen molar-refractivity contribution in [2.24, 2.45) is 0 Å². The van der Waals surface area contributed by atoms with Crippen LogP contribution in [0.25, 0.3) is 0 Å². The van der Waals surface area contributed by atoms with Gasteiger partial charge in [-0.1, -0.05) is 18.5 Å². The Labute approximate surface area is 113 Å². The van der Waals surface area contributed by atoms with Crippen molar-refractivity contribution < 1.29 is 0 Å². The third-order valence-electron chi connectivity index (χ3n) is 2.10. The summed E-state index contributed by atoms with van der Waals surface area (Å²) in [4.78, 5) is 13.0. The zero-order chi connectivity index (χ0) is 12.4. The molecule has 0 saturated heterocycles. The number of halogens is 1. The van der Waals surface area contributed by atoms with Gasteiger partial charge in [0.25, 0.3) is 0 Å². The number of nitrogens with zero attached hydrogens (tertiary/aromatic N) is 4. The van der Waals surface area contributed by atoms with E-state index in [0.717, 1.165) is 33.0 Å². The molecule has 0 amide bonds. The van der Waals surface area contributed by atoms with Gasteiger partial charge in [0, 0.05) is 12.0 Å². The van der Waals surface area contributed by atoms with Crippen molar-refractivity contribution in [3.8, 4) is 0 Å². The third-order valence-corrected chi connectivity index (χ3v) is 4.40. The molecule has 0 aliphatic rings. The average Bonchev–Trinajstić information content (AvgIpc) is 2.70. The van der Waals surface area contributed by atoms with Crippen LogP contribution in [0.5, 0.6) is 0 Å². The van der Waals surface area contributed by atoms with E-state index < -0.39 is 0 Å². The van der Waals surface area contributed by atoms with E-state index in [4.69, 9.17) is 11.6 Å². The Bertz CT molecular complexity index is 541. The summed E-state index contributed by atoms with van der Waals surface area (Å²) in [5.74, 6) is 1.54. The van der Waals surface area contributed by atoms with Gasteiger partial charge >= 0.3 is 0 Å². The molecule has 90 valence electrons. The Morgan fingerprint density at radius 3 is 2.59 bits per heavy atom. The molecule has 0 aliphatic carbocycles. The first-order chi connectivity index (χ1) is 8.10. The molecule has 0 fully saturated rings. The lowest BCUT2D eigenvalue weighted by atomic mass is 10.3. The molecule has 0 bridgehead atoms. The summed E-state index contributed by atoms with van der Waals surface area (Å²) in [5, 5.41) is 1.37. The largest absolute Gasteiger partial charge is 0.226 e. The molecule has 0 spiro atoms. The molecular weight excluding hydrogens is 276 g/mol. The van der Waals surface area contributed by atoms with Crippen LogP contribution < -0.4 is 0 Å². The summed E-state index contributed by atoms with van der Waals surface area (Å²) in [6.07, 6.45) is 0.767. The monoisotopic (exact) mass is 286 g/mol. The zero-order valence-corrected chi connectivity index (χ0v) is 12.1. The van der Waals surface area contributed by atoms with Crippen molar-refractivity contribution in [1.82, 2.24) is 19.3 Å². The average molecular weight is 287 g/mol. The minimum absolute atomic E-state index is 0.514. The fourth-order valence-corrected chi connectivity index (χ4v) is 3.08. The molecule has 0 atom stereocenters. The highest BCUT2D eigenvalue weighted by atomic mass is 35.5. The molecule has 2 aromatic rings. The van der Waals surface area contributed by atoms with Gasteiger partial charge in [-0.2, -0.15) is 4.37 Å². The van der Waals surface area contributed by atoms with Crippen LogP contribution in [0.3, 0.4) is 0 Å². The molecule has 2 aromatic heterocycles. The van der Waals surface area contributed by atoms with Gasteiger partial charge in [0.15, 0.2) is 4.34 Å². The second-order valence-electron chi connectivity index (χ2n) is 3.42. The first-order valence-corrected chi connectivity index (χ1v) is 7.08. The normalized spacial score (nSPS) is 10.8. The second-order valence-corrected chi connectivity index (χ2v) is 5.77. The minimum atomic E-state index is 0.514. The van der Waals surface area contributed by atoms with Crippen molar-refractivity contribution in [2.75, 3.05) is 0 Å². The van der Waals surface area contributed by atoms with Crippen molar-refractivity contribution in [2.45, 2.75) is 36.6 Å². The Morgan fingerprint density at radius 2 is 2.00 bits per heavy atom. The summed E-state index contributed by atoms with van der Waals surface area (Å²) in [5.41, 5.74) is 0.890. The molecule has 2 rings (SSSR count). The summed E-state index contributed by atoms with van der Waals surface area (Å²) < 4.78 is 5.02. The van der Waals surface area contributed by atoms with E-state index in [0.29, 0.717) is 5.15 Å². The molecule has 7 heteroatoms. The van der Waals surface area contributed by atoms with Gasteiger partial charge in [-0.25, -0.2) is 15.0 Å². The van der Waals surface area contributed by atoms with E-state index in [1.165, 1.54) is 23.3 Å². The lowest BCUT2D eigenvalue weighted by molar-refractivity contribution is 0.871. The molecule has 4 nitrogen and oxygen atoms in total. The Kier molecular flexibility index (Phi) is 3.96. The Balaban J connectivity index is 2.34. The number of hydrogen-bond donors (Lipinski definition) is 0. The van der Waals surface area contributed by atoms with Gasteiger partial charge in [0.05, 0.1) is 0 Å². The predicted molar refractivity (Wildman–Crippen MR) is 69.9 cm³/mol. The van der Waals surface area contributed by atoms with Gasteiger partial charge in [0.1, 0.15) is 21.8 Å². The van der Waals surface area contributed by atoms with Crippen LogP contribution in [0.4, 0.5) is 0 Å². The second kappa shape index (κ2) is 5.29. The van der Waals surface area contributed by atoms with Crippen molar-refractivity contribution >= 4 is 34.9 Å². The molecule has 17 heavy (non-hydrogen) atoms. The van der Waals surface area contributed by atoms with Gasteiger partial charge in [0.2, 0.25) is 0 Å². The van der Waals surface area contributed by atoms with Crippen molar-refractivity contribution in [3.05, 3.63) is 22.4 Å². The van der Waals surface area contributed by atoms with E-state index in [1.54, 1.807) is 0 Å². The van der Waals surface area contributed by atoms with Crippen LogP contribution in [-0.4, -0.2) is 19.3 Å². The smallest absolute Gasteiger partial charge is 0.176 e. The van der Waals surface area contributed by atoms with Crippen LogP contribution in [0.15, 0.2) is 9.37 Å². The first kappa shape index (κ1) is 12.7. The fourth-order valence-electron chi connectivity index (χ4n) is 1.17. The maximum atomic E-state index is 6.07. The van der Waals surface area contributed by atoms with Gasteiger partial charge < -0.3 is 0 Å². The van der Waals surface area contributed by atoms with E-state index in [2.05, 4.69) is 19.3 Å². The molecule has 0 radical (unpaired) electrons. The Hall–Kier alpha value is -0.720. The van der Waals surface area contributed by atoms with Crippen LogP contribution in [0.1, 0.15) is 24.1 Å². The maximum absolute atomic E-state index is 6.07. The number of rotatable bonds is 3.